The topological polar surface area (TPSA) is 47.1 Å². The summed E-state index contributed by atoms with van der Waals surface area (Å²) in [5.41, 5.74) is 5.74. The summed E-state index contributed by atoms with van der Waals surface area (Å²) in [7, 11) is 0. The Morgan fingerprint density at radius 3 is 2.34 bits per heavy atom. The number of hydrogen-bond donors (Lipinski definition) is 0. The Morgan fingerprint density at radius 2 is 1.54 bits per heavy atom. The molecule has 41 heavy (non-hydrogen) atoms. The van der Waals surface area contributed by atoms with Crippen molar-refractivity contribution >= 4 is 29.1 Å². The van der Waals surface area contributed by atoms with Crippen LogP contribution in [0.2, 0.25) is 5.02 Å². The molecule has 0 fully saturated rings. The van der Waals surface area contributed by atoms with Crippen LogP contribution in [-0.4, -0.2) is 65.8 Å². The van der Waals surface area contributed by atoms with Crippen LogP contribution in [0.3, 0.4) is 0 Å². The smallest absolute Gasteiger partial charge is 0.237 e. The third kappa shape index (κ3) is 7.76. The van der Waals surface area contributed by atoms with Crippen LogP contribution in [0.4, 0.5) is 5.69 Å². The zero-order valence-corrected chi connectivity index (χ0v) is 24.9. The number of hydrogen-bond acceptors (Lipinski definition) is 4. The van der Waals surface area contributed by atoms with Gasteiger partial charge in [-0.1, -0.05) is 79.2 Å². The summed E-state index contributed by atoms with van der Waals surface area (Å²) in [5.74, 6) is 0.227. The quantitative estimate of drug-likeness (QED) is 0.376. The van der Waals surface area contributed by atoms with Gasteiger partial charge in [0.05, 0.1) is 12.2 Å². The lowest BCUT2D eigenvalue weighted by Crippen LogP contribution is -2.44. The van der Waals surface area contributed by atoms with E-state index in [0.717, 1.165) is 63.2 Å². The summed E-state index contributed by atoms with van der Waals surface area (Å²) < 4.78 is 0. The molecule has 0 radical (unpaired) electrons. The van der Waals surface area contributed by atoms with E-state index in [-0.39, 0.29) is 11.8 Å². The van der Waals surface area contributed by atoms with Gasteiger partial charge in [-0.15, -0.1) is 0 Å². The number of anilines is 1. The lowest BCUT2D eigenvalue weighted by atomic mass is 10.00. The number of carbonyl (C=O) groups is 2. The fourth-order valence-corrected chi connectivity index (χ4v) is 6.12. The maximum atomic E-state index is 13.9. The maximum absolute atomic E-state index is 13.9. The molecule has 6 nitrogen and oxygen atoms in total. The number of fused-ring (bicyclic) bond motifs is 2. The number of rotatable bonds is 6. The predicted octanol–water partition coefficient (Wildman–Crippen LogP) is 5.77. The first kappa shape index (κ1) is 29.3. The Morgan fingerprint density at radius 1 is 0.756 bits per heavy atom. The molecule has 3 aromatic carbocycles. The largest absolute Gasteiger partial charge is 0.336 e. The van der Waals surface area contributed by atoms with Gasteiger partial charge < -0.3 is 9.80 Å². The molecule has 0 N–H and O–H groups in total. The van der Waals surface area contributed by atoms with Crippen LogP contribution in [-0.2, 0) is 35.6 Å². The van der Waals surface area contributed by atoms with Crippen molar-refractivity contribution < 1.29 is 9.59 Å². The molecule has 2 heterocycles. The Hall–Kier alpha value is -3.19. The molecule has 216 valence electrons. The molecule has 0 unspecified atom stereocenters. The fraction of sp³-hybridized carbons (Fsp3) is 0.412. The number of halogens is 1. The second-order valence-corrected chi connectivity index (χ2v) is 11.7. The molecule has 0 bridgehead atoms. The zero-order chi connectivity index (χ0) is 28.6. The van der Waals surface area contributed by atoms with Crippen molar-refractivity contribution in [1.82, 2.24) is 14.7 Å². The fourth-order valence-electron chi connectivity index (χ4n) is 5.95. The molecule has 0 atom stereocenters. The van der Waals surface area contributed by atoms with Gasteiger partial charge in [-0.2, -0.15) is 0 Å². The summed E-state index contributed by atoms with van der Waals surface area (Å²) in [5, 5.41) is 0.600. The van der Waals surface area contributed by atoms with Crippen LogP contribution in [0.1, 0.15) is 48.4 Å². The Labute approximate surface area is 249 Å². The van der Waals surface area contributed by atoms with Gasteiger partial charge in [-0.3, -0.25) is 19.4 Å². The third-order valence-corrected chi connectivity index (χ3v) is 8.41. The summed E-state index contributed by atoms with van der Waals surface area (Å²) >= 11 is 6.47. The van der Waals surface area contributed by atoms with Crippen LogP contribution in [0.5, 0.6) is 0 Å². The lowest BCUT2D eigenvalue weighted by Gasteiger charge is -2.32. The van der Waals surface area contributed by atoms with Gasteiger partial charge >= 0.3 is 0 Å². The Balaban J connectivity index is 1.41. The van der Waals surface area contributed by atoms with Crippen molar-refractivity contribution in [2.75, 3.05) is 44.2 Å². The third-order valence-electron chi connectivity index (χ3n) is 8.18. The minimum absolute atomic E-state index is 0.106. The normalized spacial score (nSPS) is 16.9. The molecular formula is C34H41ClN4O2. The monoisotopic (exact) mass is 572 g/mol. The van der Waals surface area contributed by atoms with Crippen LogP contribution in [0.15, 0.2) is 72.8 Å². The van der Waals surface area contributed by atoms with E-state index in [1.807, 2.05) is 41.0 Å². The molecule has 0 saturated heterocycles. The van der Waals surface area contributed by atoms with Crippen molar-refractivity contribution in [3.8, 4) is 0 Å². The zero-order valence-electron chi connectivity index (χ0n) is 24.1. The summed E-state index contributed by atoms with van der Waals surface area (Å²) in [6, 6.07) is 24.8. The van der Waals surface area contributed by atoms with E-state index in [2.05, 4.69) is 58.3 Å². The van der Waals surface area contributed by atoms with Crippen LogP contribution >= 0.6 is 11.6 Å². The molecule has 0 aromatic heterocycles. The number of amides is 2. The Bertz CT molecular complexity index is 1330. The highest BCUT2D eigenvalue weighted by Crippen LogP contribution is 2.28. The van der Waals surface area contributed by atoms with Gasteiger partial charge in [-0.05, 0) is 53.6 Å². The van der Waals surface area contributed by atoms with Gasteiger partial charge in [0.25, 0.3) is 0 Å². The van der Waals surface area contributed by atoms with Gasteiger partial charge in [0.1, 0.15) is 0 Å². The second-order valence-electron chi connectivity index (χ2n) is 11.2. The molecule has 0 saturated carbocycles. The second kappa shape index (κ2) is 14.1. The van der Waals surface area contributed by atoms with E-state index in [4.69, 9.17) is 11.6 Å². The molecule has 2 aliphatic heterocycles. The van der Waals surface area contributed by atoms with Gasteiger partial charge in [-0.25, -0.2) is 0 Å². The first-order valence-corrected chi connectivity index (χ1v) is 15.3. The average molecular weight is 573 g/mol. The van der Waals surface area contributed by atoms with E-state index in [1.165, 1.54) is 16.7 Å². The Kier molecular flexibility index (Phi) is 10.1. The van der Waals surface area contributed by atoms with Crippen LogP contribution in [0.25, 0.3) is 0 Å². The minimum atomic E-state index is 0.106. The SMILES string of the molecule is CCCC(=O)N1CCCN(Cc2ccccc2)CCN(C(=O)CN2CCc3ccccc3C2)Cc2ccc(Cl)cc21. The molecule has 3 aromatic rings. The molecule has 7 heteroatoms. The van der Waals surface area contributed by atoms with Crippen molar-refractivity contribution in [3.05, 3.63) is 100 Å². The summed E-state index contributed by atoms with van der Waals surface area (Å²) in [4.78, 5) is 35.9. The number of nitrogens with zero attached hydrogens (tertiary/aromatic N) is 4. The lowest BCUT2D eigenvalue weighted by molar-refractivity contribution is -0.133. The van der Waals surface area contributed by atoms with E-state index in [1.54, 1.807) is 0 Å². The standard InChI is InChI=1S/C34H41ClN4O2/c1-2-9-33(40)39-18-8-17-36(23-27-10-4-3-5-11-27)20-21-38(25-30-14-15-31(35)22-32(30)39)34(41)26-37-19-16-28-12-6-7-13-29(28)24-37/h3-7,10-15,22H,2,8-9,16-21,23-26H2,1H3. The number of benzene rings is 3. The van der Waals surface area contributed by atoms with Gasteiger partial charge in [0.2, 0.25) is 11.8 Å². The molecule has 2 aliphatic rings. The van der Waals surface area contributed by atoms with Gasteiger partial charge in [0.15, 0.2) is 0 Å². The summed E-state index contributed by atoms with van der Waals surface area (Å²) in [6.07, 6.45) is 3.08. The maximum Gasteiger partial charge on any atom is 0.237 e. The van der Waals surface area contributed by atoms with Crippen molar-refractivity contribution in [2.24, 2.45) is 0 Å². The van der Waals surface area contributed by atoms with E-state index < -0.39 is 0 Å². The molecule has 0 spiro atoms. The molecular weight excluding hydrogens is 532 g/mol. The highest BCUT2D eigenvalue weighted by atomic mass is 35.5. The van der Waals surface area contributed by atoms with E-state index in [0.29, 0.717) is 37.6 Å². The van der Waals surface area contributed by atoms with Crippen molar-refractivity contribution in [1.29, 1.82) is 0 Å². The van der Waals surface area contributed by atoms with Crippen LogP contribution < -0.4 is 4.90 Å². The average Bonchev–Trinajstić information content (AvgIpc) is 3.01. The van der Waals surface area contributed by atoms with E-state index in [9.17, 15) is 9.59 Å². The molecule has 2 amide bonds. The number of carbonyl (C=O) groups excluding carboxylic acids is 2. The van der Waals surface area contributed by atoms with Gasteiger partial charge in [0, 0.05) is 63.8 Å². The van der Waals surface area contributed by atoms with Crippen LogP contribution in [0, 0.1) is 0 Å². The first-order valence-electron chi connectivity index (χ1n) is 14.9. The van der Waals surface area contributed by atoms with E-state index >= 15 is 0 Å². The highest BCUT2D eigenvalue weighted by Gasteiger charge is 2.26. The predicted molar refractivity (Wildman–Crippen MR) is 166 cm³/mol. The summed E-state index contributed by atoms with van der Waals surface area (Å²) in [6.45, 7) is 8.21. The molecule has 5 rings (SSSR count). The minimum Gasteiger partial charge on any atom is -0.336 e. The molecule has 0 aliphatic carbocycles. The van der Waals surface area contributed by atoms with Crippen molar-refractivity contribution in [3.63, 3.8) is 0 Å². The first-order chi connectivity index (χ1) is 20.0. The van der Waals surface area contributed by atoms with Crippen molar-refractivity contribution in [2.45, 2.75) is 52.2 Å². The highest BCUT2D eigenvalue weighted by molar-refractivity contribution is 6.31.